The fourth-order valence-electron chi connectivity index (χ4n) is 3.13. The van der Waals surface area contributed by atoms with Crippen LogP contribution in [0.3, 0.4) is 0 Å². The number of carbonyl (C=O) groups is 2. The van der Waals surface area contributed by atoms with Gasteiger partial charge in [0.25, 0.3) is 0 Å². The molecule has 1 atom stereocenters. The van der Waals surface area contributed by atoms with Crippen molar-refractivity contribution in [2.45, 2.75) is 32.1 Å². The first kappa shape index (κ1) is 16.6. The van der Waals surface area contributed by atoms with Gasteiger partial charge in [-0.2, -0.15) is 0 Å². The summed E-state index contributed by atoms with van der Waals surface area (Å²) < 4.78 is 0. The number of carboxylic acids is 1. The van der Waals surface area contributed by atoms with Crippen molar-refractivity contribution in [3.63, 3.8) is 0 Å². The van der Waals surface area contributed by atoms with Crippen molar-refractivity contribution in [2.75, 3.05) is 13.1 Å². The van der Waals surface area contributed by atoms with Gasteiger partial charge in [-0.25, -0.2) is 9.78 Å². The zero-order valence-electron chi connectivity index (χ0n) is 13.6. The normalized spacial score (nSPS) is 17.7. The monoisotopic (exact) mass is 344 g/mol. The molecule has 1 aliphatic heterocycles. The molecule has 1 fully saturated rings. The molecule has 0 saturated carbocycles. The maximum absolute atomic E-state index is 12.5. The van der Waals surface area contributed by atoms with E-state index < -0.39 is 5.97 Å². The van der Waals surface area contributed by atoms with Crippen LogP contribution in [-0.2, 0) is 11.2 Å². The van der Waals surface area contributed by atoms with Crippen molar-refractivity contribution < 1.29 is 14.7 Å². The molecule has 24 heavy (non-hydrogen) atoms. The predicted molar refractivity (Wildman–Crippen MR) is 92.5 cm³/mol. The van der Waals surface area contributed by atoms with Gasteiger partial charge in [0.2, 0.25) is 5.91 Å². The number of thiazole rings is 1. The highest BCUT2D eigenvalue weighted by Gasteiger charge is 2.25. The summed E-state index contributed by atoms with van der Waals surface area (Å²) in [7, 11) is 0. The molecule has 1 N–H and O–H groups in total. The van der Waals surface area contributed by atoms with E-state index in [0.29, 0.717) is 18.5 Å². The summed E-state index contributed by atoms with van der Waals surface area (Å²) in [5.74, 6) is -0.532. The van der Waals surface area contributed by atoms with E-state index in [1.165, 1.54) is 0 Å². The number of nitrogens with zero attached hydrogens (tertiary/aromatic N) is 2. The minimum Gasteiger partial charge on any atom is -0.478 e. The lowest BCUT2D eigenvalue weighted by atomic mass is 9.90. The Morgan fingerprint density at radius 1 is 1.33 bits per heavy atom. The number of piperidine rings is 1. The Labute approximate surface area is 145 Å². The molecule has 0 radical (unpaired) electrons. The van der Waals surface area contributed by atoms with Crippen molar-refractivity contribution in [1.82, 2.24) is 9.88 Å². The zero-order chi connectivity index (χ0) is 17.1. The molecule has 2 heterocycles. The molecule has 5 nitrogen and oxygen atoms in total. The number of carbonyl (C=O) groups excluding carboxylic acids is 1. The summed E-state index contributed by atoms with van der Waals surface area (Å²) in [4.78, 5) is 29.7. The molecule has 1 aliphatic rings. The quantitative estimate of drug-likeness (QED) is 0.925. The Bertz CT molecular complexity index is 739. The van der Waals surface area contributed by atoms with E-state index in [1.807, 2.05) is 29.3 Å². The minimum atomic E-state index is -0.916. The second-order valence-electron chi connectivity index (χ2n) is 6.14. The van der Waals surface area contributed by atoms with E-state index in [2.05, 4.69) is 4.98 Å². The predicted octanol–water partition coefficient (Wildman–Crippen LogP) is 3.10. The number of aromatic carboxylic acids is 1. The van der Waals surface area contributed by atoms with E-state index in [9.17, 15) is 9.59 Å². The van der Waals surface area contributed by atoms with Crippen LogP contribution in [0.4, 0.5) is 0 Å². The van der Waals surface area contributed by atoms with Gasteiger partial charge < -0.3 is 10.0 Å². The van der Waals surface area contributed by atoms with Crippen molar-refractivity contribution in [3.8, 4) is 0 Å². The molecule has 1 amide bonds. The Kier molecular flexibility index (Phi) is 4.94. The van der Waals surface area contributed by atoms with E-state index in [1.54, 1.807) is 23.5 Å². The van der Waals surface area contributed by atoms with Gasteiger partial charge in [-0.1, -0.05) is 12.1 Å². The Morgan fingerprint density at radius 2 is 2.08 bits per heavy atom. The van der Waals surface area contributed by atoms with Crippen LogP contribution in [0.5, 0.6) is 0 Å². The van der Waals surface area contributed by atoms with E-state index in [0.717, 1.165) is 35.7 Å². The van der Waals surface area contributed by atoms with Gasteiger partial charge >= 0.3 is 5.97 Å². The van der Waals surface area contributed by atoms with Gasteiger partial charge in [-0.3, -0.25) is 4.79 Å². The van der Waals surface area contributed by atoms with Gasteiger partial charge in [-0.05, 0) is 37.5 Å². The number of likely N-dealkylation sites (tertiary alicyclic amines) is 1. The summed E-state index contributed by atoms with van der Waals surface area (Å²) in [6.07, 6.45) is 2.34. The summed E-state index contributed by atoms with van der Waals surface area (Å²) in [6, 6.07) is 7.00. The first-order chi connectivity index (χ1) is 11.5. The SMILES string of the molecule is Cc1nc(CC(=O)N2CCC[C@H](c3ccc(C(=O)O)cc3)C2)cs1. The van der Waals surface area contributed by atoms with Crippen LogP contribution in [0.2, 0.25) is 0 Å². The number of rotatable bonds is 4. The highest BCUT2D eigenvalue weighted by molar-refractivity contribution is 7.09. The van der Waals surface area contributed by atoms with Crippen LogP contribution in [0.25, 0.3) is 0 Å². The zero-order valence-corrected chi connectivity index (χ0v) is 14.4. The molecule has 126 valence electrons. The molecule has 0 spiro atoms. The summed E-state index contributed by atoms with van der Waals surface area (Å²) in [5, 5.41) is 11.9. The van der Waals surface area contributed by atoms with Crippen LogP contribution in [0.15, 0.2) is 29.6 Å². The standard InChI is InChI=1S/C18H20N2O3S/c1-12-19-16(11-24-12)9-17(21)20-8-2-3-15(10-20)13-4-6-14(7-5-13)18(22)23/h4-7,11,15H,2-3,8-10H2,1H3,(H,22,23)/t15-/m0/s1. The van der Waals surface area contributed by atoms with Crippen molar-refractivity contribution in [2.24, 2.45) is 0 Å². The average molecular weight is 344 g/mol. The van der Waals surface area contributed by atoms with Crippen LogP contribution in [-0.4, -0.2) is 40.0 Å². The van der Waals surface area contributed by atoms with E-state index in [4.69, 9.17) is 5.11 Å². The number of carboxylic acid groups (broad SMARTS) is 1. The molecule has 1 saturated heterocycles. The lowest BCUT2D eigenvalue weighted by molar-refractivity contribution is -0.131. The molecular formula is C18H20N2O3S. The van der Waals surface area contributed by atoms with Crippen LogP contribution >= 0.6 is 11.3 Å². The first-order valence-electron chi connectivity index (χ1n) is 8.05. The number of benzene rings is 1. The third-order valence-corrected chi connectivity index (χ3v) is 5.22. The Hall–Kier alpha value is -2.21. The Balaban J connectivity index is 1.65. The molecular weight excluding hydrogens is 324 g/mol. The van der Waals surface area contributed by atoms with Crippen molar-refractivity contribution in [3.05, 3.63) is 51.5 Å². The van der Waals surface area contributed by atoms with Gasteiger partial charge in [0, 0.05) is 24.4 Å². The maximum Gasteiger partial charge on any atom is 0.335 e. The maximum atomic E-state index is 12.5. The van der Waals surface area contributed by atoms with Crippen molar-refractivity contribution in [1.29, 1.82) is 0 Å². The second-order valence-corrected chi connectivity index (χ2v) is 7.20. The molecule has 0 aliphatic carbocycles. The van der Waals surface area contributed by atoms with Gasteiger partial charge in [0.15, 0.2) is 0 Å². The van der Waals surface area contributed by atoms with Crippen LogP contribution in [0, 0.1) is 6.92 Å². The summed E-state index contributed by atoms with van der Waals surface area (Å²) in [5.41, 5.74) is 2.24. The van der Waals surface area contributed by atoms with Crippen LogP contribution in [0.1, 0.15) is 45.4 Å². The van der Waals surface area contributed by atoms with Gasteiger partial charge in [0.05, 0.1) is 22.7 Å². The van der Waals surface area contributed by atoms with Crippen molar-refractivity contribution >= 4 is 23.2 Å². The summed E-state index contributed by atoms with van der Waals surface area (Å²) >= 11 is 1.56. The number of hydrogen-bond donors (Lipinski definition) is 1. The third kappa shape index (κ3) is 3.82. The third-order valence-electron chi connectivity index (χ3n) is 4.40. The Morgan fingerprint density at radius 3 is 2.71 bits per heavy atom. The van der Waals surface area contributed by atoms with Gasteiger partial charge in [0.1, 0.15) is 0 Å². The lowest BCUT2D eigenvalue weighted by Crippen LogP contribution is -2.40. The number of hydrogen-bond acceptors (Lipinski definition) is 4. The lowest BCUT2D eigenvalue weighted by Gasteiger charge is -2.33. The van der Waals surface area contributed by atoms with E-state index >= 15 is 0 Å². The first-order valence-corrected chi connectivity index (χ1v) is 8.93. The second kappa shape index (κ2) is 7.13. The van der Waals surface area contributed by atoms with E-state index in [-0.39, 0.29) is 11.8 Å². The molecule has 0 unspecified atom stereocenters. The molecule has 3 rings (SSSR count). The number of aryl methyl sites for hydroxylation is 1. The molecule has 6 heteroatoms. The summed E-state index contributed by atoms with van der Waals surface area (Å²) in [6.45, 7) is 3.41. The number of aromatic nitrogens is 1. The van der Waals surface area contributed by atoms with Crippen LogP contribution < -0.4 is 0 Å². The molecule has 2 aromatic rings. The van der Waals surface area contributed by atoms with Gasteiger partial charge in [-0.15, -0.1) is 11.3 Å². The minimum absolute atomic E-state index is 0.118. The fraction of sp³-hybridized carbons (Fsp3) is 0.389. The number of amides is 1. The molecule has 1 aromatic heterocycles. The smallest absolute Gasteiger partial charge is 0.335 e. The topological polar surface area (TPSA) is 70.5 Å². The average Bonchev–Trinajstić information content (AvgIpc) is 3.00. The molecule has 1 aromatic carbocycles. The highest BCUT2D eigenvalue weighted by Crippen LogP contribution is 2.27. The largest absolute Gasteiger partial charge is 0.478 e. The highest BCUT2D eigenvalue weighted by atomic mass is 32.1. The molecule has 0 bridgehead atoms. The fourth-order valence-corrected chi connectivity index (χ4v) is 3.74.